The van der Waals surface area contributed by atoms with E-state index in [9.17, 15) is 9.90 Å². The third-order valence-corrected chi connectivity index (χ3v) is 5.65. The third-order valence-electron chi connectivity index (χ3n) is 5.65. The highest BCUT2D eigenvalue weighted by Crippen LogP contribution is 2.23. The molecule has 1 aliphatic rings. The highest BCUT2D eigenvalue weighted by Gasteiger charge is 2.26. The summed E-state index contributed by atoms with van der Waals surface area (Å²) >= 11 is 0. The van der Waals surface area contributed by atoms with Crippen LogP contribution in [0.5, 0.6) is 0 Å². The minimum Gasteiger partial charge on any atom is -0.403 e. The van der Waals surface area contributed by atoms with Gasteiger partial charge in [-0.1, -0.05) is 43.9 Å². The Morgan fingerprint density at radius 1 is 1.27 bits per heavy atom. The van der Waals surface area contributed by atoms with E-state index in [1.165, 1.54) is 26.2 Å². The lowest BCUT2D eigenvalue weighted by atomic mass is 10.1. The van der Waals surface area contributed by atoms with Crippen molar-refractivity contribution in [3.63, 3.8) is 0 Å². The fourth-order valence-electron chi connectivity index (χ4n) is 3.86. The molecule has 1 saturated carbocycles. The van der Waals surface area contributed by atoms with E-state index in [1.54, 1.807) is 4.90 Å². The first kappa shape index (κ1) is 24.2. The van der Waals surface area contributed by atoms with Gasteiger partial charge in [0.05, 0.1) is 31.9 Å². The molecule has 1 aromatic carbocycles. The van der Waals surface area contributed by atoms with Crippen molar-refractivity contribution in [2.75, 3.05) is 26.9 Å². The fourth-order valence-corrected chi connectivity index (χ4v) is 3.86. The van der Waals surface area contributed by atoms with Gasteiger partial charge in [-0.25, -0.2) is 0 Å². The summed E-state index contributed by atoms with van der Waals surface area (Å²) < 4.78 is 10.7. The molecule has 0 bridgehead atoms. The Morgan fingerprint density at radius 2 is 2.00 bits per heavy atom. The van der Waals surface area contributed by atoms with E-state index >= 15 is 0 Å². The summed E-state index contributed by atoms with van der Waals surface area (Å²) in [7, 11) is 1.45. The molecule has 0 saturated heterocycles. The van der Waals surface area contributed by atoms with Crippen molar-refractivity contribution in [3.8, 4) is 0 Å². The predicted octanol–water partition coefficient (Wildman–Crippen LogP) is 2.37. The van der Waals surface area contributed by atoms with Crippen LogP contribution in [-0.4, -0.2) is 55.1 Å². The van der Waals surface area contributed by atoms with E-state index in [1.807, 2.05) is 24.3 Å². The summed E-state index contributed by atoms with van der Waals surface area (Å²) in [5.74, 6) is 0.0147. The summed E-state index contributed by atoms with van der Waals surface area (Å²) in [5.41, 5.74) is 13.9. The van der Waals surface area contributed by atoms with Gasteiger partial charge in [-0.2, -0.15) is 0 Å². The number of rotatable bonds is 11. The zero-order valence-corrected chi connectivity index (χ0v) is 18.1. The maximum atomic E-state index is 12.8. The summed E-state index contributed by atoms with van der Waals surface area (Å²) in [6.45, 7) is 1.09. The van der Waals surface area contributed by atoms with Crippen molar-refractivity contribution in [3.05, 3.63) is 41.6 Å². The Hall–Kier alpha value is -2.09. The highest BCUT2D eigenvalue weighted by atomic mass is 16.6. The molecule has 0 heterocycles. The smallest absolute Gasteiger partial charge is 0.225 e. The van der Waals surface area contributed by atoms with Crippen LogP contribution in [0.2, 0.25) is 0 Å². The topological polar surface area (TPSA) is 111 Å². The Morgan fingerprint density at radius 3 is 2.67 bits per heavy atom. The highest BCUT2D eigenvalue weighted by molar-refractivity contribution is 5.76. The molecule has 7 heteroatoms. The van der Waals surface area contributed by atoms with Crippen LogP contribution in [0.4, 0.5) is 0 Å². The first-order valence-corrected chi connectivity index (χ1v) is 10.9. The van der Waals surface area contributed by atoms with Gasteiger partial charge >= 0.3 is 0 Å². The van der Waals surface area contributed by atoms with Crippen molar-refractivity contribution in [1.82, 2.24) is 4.90 Å². The van der Waals surface area contributed by atoms with Crippen molar-refractivity contribution >= 4 is 11.6 Å². The SMILES string of the molecule is COC(O)CN(C(=O)CCOCCc1cccc(/C(N)=C/N)c1)C1CCCCCC1. The second-order valence-corrected chi connectivity index (χ2v) is 7.82. The van der Waals surface area contributed by atoms with Crippen LogP contribution in [-0.2, 0) is 20.7 Å². The number of hydrogen-bond donors (Lipinski definition) is 3. The molecule has 1 amide bonds. The predicted molar refractivity (Wildman–Crippen MR) is 118 cm³/mol. The van der Waals surface area contributed by atoms with Gasteiger partial charge in [-0.15, -0.1) is 0 Å². The third kappa shape index (κ3) is 7.97. The number of aliphatic hydroxyl groups is 1. The molecule has 30 heavy (non-hydrogen) atoms. The Kier molecular flexibility index (Phi) is 10.7. The molecule has 1 aromatic rings. The first-order valence-electron chi connectivity index (χ1n) is 10.9. The summed E-state index contributed by atoms with van der Waals surface area (Å²) in [6, 6.07) is 8.04. The van der Waals surface area contributed by atoms with Crippen LogP contribution in [0.3, 0.4) is 0 Å². The van der Waals surface area contributed by atoms with E-state index in [0.717, 1.165) is 43.2 Å². The zero-order chi connectivity index (χ0) is 21.8. The number of hydrogen-bond acceptors (Lipinski definition) is 6. The normalized spacial score (nSPS) is 16.8. The lowest BCUT2D eigenvalue weighted by Crippen LogP contribution is -2.45. The van der Waals surface area contributed by atoms with Gasteiger partial charge in [-0.05, 0) is 36.5 Å². The molecule has 168 valence electrons. The molecule has 1 atom stereocenters. The number of aliphatic hydroxyl groups excluding tert-OH is 1. The molecular weight excluding hydrogens is 382 g/mol. The lowest BCUT2D eigenvalue weighted by molar-refractivity contribution is -0.145. The average molecular weight is 420 g/mol. The minimum absolute atomic E-state index is 0.0147. The second kappa shape index (κ2) is 13.3. The fraction of sp³-hybridized carbons (Fsp3) is 0.609. The van der Waals surface area contributed by atoms with Crippen LogP contribution >= 0.6 is 0 Å². The molecule has 0 radical (unpaired) electrons. The molecule has 0 aromatic heterocycles. The minimum atomic E-state index is -0.958. The van der Waals surface area contributed by atoms with E-state index in [4.69, 9.17) is 20.9 Å². The van der Waals surface area contributed by atoms with Crippen LogP contribution in [0.1, 0.15) is 56.1 Å². The van der Waals surface area contributed by atoms with Crippen molar-refractivity contribution in [1.29, 1.82) is 0 Å². The summed E-state index contributed by atoms with van der Waals surface area (Å²) in [4.78, 5) is 14.6. The van der Waals surface area contributed by atoms with E-state index in [0.29, 0.717) is 25.3 Å². The van der Waals surface area contributed by atoms with Gasteiger partial charge in [-0.3, -0.25) is 4.79 Å². The molecular formula is C23H37N3O4. The Bertz CT molecular complexity index is 672. The van der Waals surface area contributed by atoms with Crippen LogP contribution in [0.25, 0.3) is 5.70 Å². The molecule has 1 fully saturated rings. The molecule has 7 nitrogen and oxygen atoms in total. The molecule has 1 aliphatic carbocycles. The van der Waals surface area contributed by atoms with Crippen LogP contribution in [0.15, 0.2) is 30.5 Å². The maximum Gasteiger partial charge on any atom is 0.225 e. The number of nitrogens with zero attached hydrogens (tertiary/aromatic N) is 1. The van der Waals surface area contributed by atoms with Gasteiger partial charge in [0, 0.05) is 19.4 Å². The number of carbonyl (C=O) groups is 1. The van der Waals surface area contributed by atoms with Crippen molar-refractivity contribution in [2.45, 2.75) is 63.7 Å². The van der Waals surface area contributed by atoms with Crippen LogP contribution < -0.4 is 11.5 Å². The Labute approximate surface area is 180 Å². The first-order chi connectivity index (χ1) is 14.5. The maximum absolute atomic E-state index is 12.8. The Balaban J connectivity index is 1.80. The number of carbonyl (C=O) groups excluding carboxylic acids is 1. The second-order valence-electron chi connectivity index (χ2n) is 7.82. The summed E-state index contributed by atoms with van der Waals surface area (Å²) in [5, 5.41) is 9.93. The number of methoxy groups -OCH3 is 1. The van der Waals surface area contributed by atoms with E-state index in [-0.39, 0.29) is 18.5 Å². The zero-order valence-electron chi connectivity index (χ0n) is 18.1. The van der Waals surface area contributed by atoms with Gasteiger partial charge < -0.3 is 30.9 Å². The summed E-state index contributed by atoms with van der Waals surface area (Å²) in [6.07, 6.45) is 8.10. The molecule has 0 aliphatic heterocycles. The van der Waals surface area contributed by atoms with Crippen molar-refractivity contribution < 1.29 is 19.4 Å². The molecule has 2 rings (SSSR count). The van der Waals surface area contributed by atoms with E-state index < -0.39 is 6.29 Å². The largest absolute Gasteiger partial charge is 0.403 e. The number of amides is 1. The van der Waals surface area contributed by atoms with Gasteiger partial charge in [0.2, 0.25) is 5.91 Å². The number of nitrogens with two attached hydrogens (primary N) is 2. The monoisotopic (exact) mass is 419 g/mol. The molecule has 1 unspecified atom stereocenters. The molecule has 5 N–H and O–H groups in total. The number of benzene rings is 1. The number of ether oxygens (including phenoxy) is 2. The molecule has 0 spiro atoms. The quantitative estimate of drug-likeness (QED) is 0.288. The van der Waals surface area contributed by atoms with Crippen LogP contribution in [0, 0.1) is 0 Å². The average Bonchev–Trinajstić information content (AvgIpc) is 3.05. The van der Waals surface area contributed by atoms with Gasteiger partial charge in [0.1, 0.15) is 0 Å². The van der Waals surface area contributed by atoms with Crippen molar-refractivity contribution in [2.24, 2.45) is 11.5 Å². The van der Waals surface area contributed by atoms with Gasteiger partial charge in [0.15, 0.2) is 6.29 Å². The van der Waals surface area contributed by atoms with Gasteiger partial charge in [0.25, 0.3) is 0 Å². The standard InChI is InChI=1S/C23H37N3O4/c1-29-23(28)17-26(20-9-4-2-3-5-10-20)22(27)12-14-30-13-11-18-7-6-8-19(15-18)21(25)16-24/h6-8,15-16,20,23,28H,2-5,9-14,17,24-25H2,1H3/b21-16-. The lowest BCUT2D eigenvalue weighted by Gasteiger charge is -2.32. The van der Waals surface area contributed by atoms with E-state index in [2.05, 4.69) is 0 Å².